The summed E-state index contributed by atoms with van der Waals surface area (Å²) in [5.41, 5.74) is 2.43. The molecule has 4 heteroatoms. The third kappa shape index (κ3) is 2.11. The number of hydrogen-bond donors (Lipinski definition) is 1. The van der Waals surface area contributed by atoms with Crippen molar-refractivity contribution in [2.24, 2.45) is 5.92 Å². The summed E-state index contributed by atoms with van der Waals surface area (Å²) < 4.78 is 0. The number of carbonyl (C=O) groups is 2. The Morgan fingerprint density at radius 1 is 1.37 bits per heavy atom. The number of amides is 2. The molecule has 2 heterocycles. The lowest BCUT2D eigenvalue weighted by Gasteiger charge is -2.21. The first-order valence-electron chi connectivity index (χ1n) is 6.78. The van der Waals surface area contributed by atoms with Gasteiger partial charge in [0.25, 0.3) is 5.91 Å². The van der Waals surface area contributed by atoms with Crippen LogP contribution in [0.25, 0.3) is 0 Å². The molecule has 0 aliphatic carbocycles. The topological polar surface area (TPSA) is 49.4 Å². The molecule has 0 radical (unpaired) electrons. The van der Waals surface area contributed by atoms with Crippen molar-refractivity contribution in [3.05, 3.63) is 29.3 Å². The molecule has 1 N–H and O–H groups in total. The summed E-state index contributed by atoms with van der Waals surface area (Å²) in [6.07, 6.45) is 1.48. The van der Waals surface area contributed by atoms with Gasteiger partial charge < -0.3 is 10.2 Å². The largest absolute Gasteiger partial charge is 0.336 e. The minimum Gasteiger partial charge on any atom is -0.336 e. The number of nitrogens with zero attached hydrogens (tertiary/aromatic N) is 1. The molecule has 0 aromatic heterocycles. The number of nitrogens with one attached hydrogen (secondary N) is 1. The van der Waals surface area contributed by atoms with Crippen molar-refractivity contribution in [3.63, 3.8) is 0 Å². The lowest BCUT2D eigenvalue weighted by atomic mass is 10.1. The van der Waals surface area contributed by atoms with Crippen LogP contribution in [0.2, 0.25) is 0 Å². The van der Waals surface area contributed by atoms with E-state index in [9.17, 15) is 9.59 Å². The van der Waals surface area contributed by atoms with E-state index in [1.54, 1.807) is 6.07 Å². The zero-order valence-electron chi connectivity index (χ0n) is 11.3. The number of anilines is 1. The molecule has 1 aromatic rings. The van der Waals surface area contributed by atoms with Crippen molar-refractivity contribution in [1.29, 1.82) is 0 Å². The van der Waals surface area contributed by atoms with E-state index in [0.29, 0.717) is 23.9 Å². The first-order valence-corrected chi connectivity index (χ1v) is 6.78. The molecule has 1 saturated heterocycles. The lowest BCUT2D eigenvalue weighted by molar-refractivity contribution is -0.115. The fourth-order valence-electron chi connectivity index (χ4n) is 3.10. The average Bonchev–Trinajstić information content (AvgIpc) is 2.88. The van der Waals surface area contributed by atoms with Crippen LogP contribution in [0.5, 0.6) is 0 Å². The Kier molecular flexibility index (Phi) is 2.81. The van der Waals surface area contributed by atoms with E-state index in [4.69, 9.17) is 0 Å². The molecule has 100 valence electrons. The highest BCUT2D eigenvalue weighted by Crippen LogP contribution is 2.28. The number of carbonyl (C=O) groups excluding carboxylic acids is 2. The van der Waals surface area contributed by atoms with Gasteiger partial charge in [0.05, 0.1) is 6.42 Å². The van der Waals surface area contributed by atoms with Crippen molar-refractivity contribution in [2.75, 3.05) is 11.9 Å². The Bertz CT molecular complexity index is 553. The molecule has 0 bridgehead atoms. The number of hydrogen-bond acceptors (Lipinski definition) is 2. The van der Waals surface area contributed by atoms with E-state index in [0.717, 1.165) is 24.2 Å². The van der Waals surface area contributed by atoms with Crippen LogP contribution in [0.1, 0.15) is 36.2 Å². The van der Waals surface area contributed by atoms with Crippen LogP contribution in [-0.4, -0.2) is 29.3 Å². The fraction of sp³-hybridized carbons (Fsp3) is 0.467. The van der Waals surface area contributed by atoms with Crippen molar-refractivity contribution in [1.82, 2.24) is 4.90 Å². The molecule has 19 heavy (non-hydrogen) atoms. The second kappa shape index (κ2) is 4.37. The summed E-state index contributed by atoms with van der Waals surface area (Å²) in [6, 6.07) is 5.81. The summed E-state index contributed by atoms with van der Waals surface area (Å²) in [5, 5.41) is 2.79. The van der Waals surface area contributed by atoms with Crippen LogP contribution in [0.4, 0.5) is 5.69 Å². The van der Waals surface area contributed by atoms with Crippen LogP contribution in [-0.2, 0) is 11.2 Å². The summed E-state index contributed by atoms with van der Waals surface area (Å²) in [6.45, 7) is 5.09. The summed E-state index contributed by atoms with van der Waals surface area (Å²) in [5.74, 6) is 0.636. The minimum atomic E-state index is 0.00256. The number of benzene rings is 1. The molecule has 2 unspecified atom stereocenters. The Balaban J connectivity index is 1.85. The van der Waals surface area contributed by atoms with Gasteiger partial charge in [-0.1, -0.05) is 13.0 Å². The molecule has 1 fully saturated rings. The highest BCUT2D eigenvalue weighted by Gasteiger charge is 2.31. The van der Waals surface area contributed by atoms with E-state index < -0.39 is 0 Å². The van der Waals surface area contributed by atoms with Crippen LogP contribution < -0.4 is 5.32 Å². The first-order chi connectivity index (χ1) is 9.04. The number of fused-ring (bicyclic) bond motifs is 1. The maximum absolute atomic E-state index is 12.5. The second-order valence-electron chi connectivity index (χ2n) is 5.74. The first kappa shape index (κ1) is 12.2. The highest BCUT2D eigenvalue weighted by molar-refractivity contribution is 6.02. The molecule has 2 amide bonds. The van der Waals surface area contributed by atoms with Gasteiger partial charge in [-0.15, -0.1) is 0 Å². The zero-order chi connectivity index (χ0) is 13.6. The molecule has 0 spiro atoms. The summed E-state index contributed by atoms with van der Waals surface area (Å²) in [7, 11) is 0. The predicted octanol–water partition coefficient (Wildman–Crippen LogP) is 2.05. The molecular formula is C15H18N2O2. The van der Waals surface area contributed by atoms with Crippen LogP contribution in [0, 0.1) is 5.92 Å². The van der Waals surface area contributed by atoms with Gasteiger partial charge in [0.1, 0.15) is 0 Å². The van der Waals surface area contributed by atoms with E-state index in [1.165, 1.54) is 0 Å². The third-order valence-electron chi connectivity index (χ3n) is 4.03. The van der Waals surface area contributed by atoms with E-state index >= 15 is 0 Å². The van der Waals surface area contributed by atoms with E-state index in [1.807, 2.05) is 17.0 Å². The van der Waals surface area contributed by atoms with Gasteiger partial charge in [0, 0.05) is 23.8 Å². The van der Waals surface area contributed by atoms with Gasteiger partial charge in [-0.05, 0) is 37.0 Å². The molecule has 1 aromatic carbocycles. The molecule has 4 nitrogen and oxygen atoms in total. The monoisotopic (exact) mass is 258 g/mol. The average molecular weight is 258 g/mol. The normalized spacial score (nSPS) is 25.4. The number of likely N-dealkylation sites (tertiary alicyclic amines) is 1. The third-order valence-corrected chi connectivity index (χ3v) is 4.03. The van der Waals surface area contributed by atoms with Crippen molar-refractivity contribution >= 4 is 17.5 Å². The van der Waals surface area contributed by atoms with Crippen LogP contribution >= 0.6 is 0 Å². The Morgan fingerprint density at radius 3 is 2.84 bits per heavy atom. The van der Waals surface area contributed by atoms with Gasteiger partial charge in [-0.2, -0.15) is 0 Å². The van der Waals surface area contributed by atoms with E-state index in [-0.39, 0.29) is 11.8 Å². The van der Waals surface area contributed by atoms with E-state index in [2.05, 4.69) is 19.2 Å². The van der Waals surface area contributed by atoms with Gasteiger partial charge in [-0.25, -0.2) is 0 Å². The van der Waals surface area contributed by atoms with Gasteiger partial charge in [0.2, 0.25) is 5.91 Å². The molecule has 3 rings (SSSR count). The quantitative estimate of drug-likeness (QED) is 0.838. The standard InChI is InChI=1S/C15H18N2O2/c1-9-5-10(2)17(8-9)15(19)12-4-3-11-7-14(18)16-13(11)6-12/h3-4,6,9-10H,5,7-8H2,1-2H3,(H,16,18). The summed E-state index contributed by atoms with van der Waals surface area (Å²) >= 11 is 0. The SMILES string of the molecule is CC1CC(C)N(C(=O)c2ccc3c(c2)NC(=O)C3)C1. The molecular weight excluding hydrogens is 240 g/mol. The molecule has 2 aliphatic rings. The van der Waals surface area contributed by atoms with Crippen LogP contribution in [0.3, 0.4) is 0 Å². The number of rotatable bonds is 1. The van der Waals surface area contributed by atoms with Gasteiger partial charge in [0.15, 0.2) is 0 Å². The lowest BCUT2D eigenvalue weighted by Crippen LogP contribution is -2.33. The Hall–Kier alpha value is -1.84. The second-order valence-corrected chi connectivity index (χ2v) is 5.74. The maximum Gasteiger partial charge on any atom is 0.254 e. The van der Waals surface area contributed by atoms with Crippen LogP contribution in [0.15, 0.2) is 18.2 Å². The zero-order valence-corrected chi connectivity index (χ0v) is 11.3. The smallest absolute Gasteiger partial charge is 0.254 e. The predicted molar refractivity (Wildman–Crippen MR) is 73.1 cm³/mol. The Labute approximate surface area is 112 Å². The van der Waals surface area contributed by atoms with Gasteiger partial charge in [-0.3, -0.25) is 9.59 Å². The van der Waals surface area contributed by atoms with Crippen molar-refractivity contribution in [2.45, 2.75) is 32.7 Å². The van der Waals surface area contributed by atoms with Gasteiger partial charge >= 0.3 is 0 Å². The fourth-order valence-corrected chi connectivity index (χ4v) is 3.10. The van der Waals surface area contributed by atoms with Crippen molar-refractivity contribution in [3.8, 4) is 0 Å². The minimum absolute atomic E-state index is 0.00256. The molecule has 0 saturated carbocycles. The maximum atomic E-state index is 12.5. The molecule has 2 atom stereocenters. The van der Waals surface area contributed by atoms with Crippen molar-refractivity contribution < 1.29 is 9.59 Å². The Morgan fingerprint density at radius 2 is 2.16 bits per heavy atom. The highest BCUT2D eigenvalue weighted by atomic mass is 16.2. The molecule has 2 aliphatic heterocycles. The summed E-state index contributed by atoms with van der Waals surface area (Å²) in [4.78, 5) is 25.8.